The number of carbonyl (C=O) groups is 2. The lowest BCUT2D eigenvalue weighted by Gasteiger charge is -2.21. The smallest absolute Gasteiger partial charge is 0.326 e. The Labute approximate surface area is 109 Å². The number of nitrogens with zero attached hydrogens (tertiary/aromatic N) is 1. The molecular formula is C13H14FNO4. The number of aliphatic hydroxyl groups excluding tert-OH is 1. The molecule has 2 N–H and O–H groups in total. The molecule has 1 aliphatic rings. The van der Waals surface area contributed by atoms with E-state index in [1.807, 2.05) is 0 Å². The minimum atomic E-state index is -1.20. The lowest BCUT2D eigenvalue weighted by atomic mass is 10.1. The molecule has 0 radical (unpaired) electrons. The van der Waals surface area contributed by atoms with Crippen molar-refractivity contribution in [3.8, 4) is 0 Å². The van der Waals surface area contributed by atoms with Crippen LogP contribution in [0.5, 0.6) is 0 Å². The van der Waals surface area contributed by atoms with E-state index in [4.69, 9.17) is 5.11 Å². The number of hydrogen-bond donors (Lipinski definition) is 2. The topological polar surface area (TPSA) is 77.8 Å². The number of aliphatic hydroxyl groups is 1. The second-order valence-corrected chi connectivity index (χ2v) is 4.68. The number of amides is 1. The Hall–Kier alpha value is -1.95. The predicted octanol–water partition coefficient (Wildman–Crippen LogP) is 0.794. The van der Waals surface area contributed by atoms with E-state index in [9.17, 15) is 19.1 Å². The van der Waals surface area contributed by atoms with Gasteiger partial charge in [-0.2, -0.15) is 0 Å². The second-order valence-electron chi connectivity index (χ2n) is 4.68. The van der Waals surface area contributed by atoms with Gasteiger partial charge in [0.05, 0.1) is 11.7 Å². The van der Waals surface area contributed by atoms with Crippen molar-refractivity contribution < 1.29 is 24.2 Å². The first-order chi connectivity index (χ1) is 8.90. The molecule has 1 unspecified atom stereocenters. The van der Waals surface area contributed by atoms with Crippen LogP contribution in [-0.2, 0) is 4.79 Å². The predicted molar refractivity (Wildman–Crippen MR) is 64.2 cm³/mol. The van der Waals surface area contributed by atoms with Crippen molar-refractivity contribution in [2.75, 3.05) is 6.54 Å². The van der Waals surface area contributed by atoms with E-state index >= 15 is 0 Å². The zero-order valence-corrected chi connectivity index (χ0v) is 10.3. The van der Waals surface area contributed by atoms with Gasteiger partial charge in [0.1, 0.15) is 11.9 Å². The van der Waals surface area contributed by atoms with E-state index in [0.717, 1.165) is 4.90 Å². The Morgan fingerprint density at radius 2 is 2.11 bits per heavy atom. The molecule has 2 rings (SSSR count). The maximum absolute atomic E-state index is 13.7. The van der Waals surface area contributed by atoms with Crippen LogP contribution in [0.1, 0.15) is 22.3 Å². The zero-order valence-electron chi connectivity index (χ0n) is 10.3. The molecule has 0 aromatic heterocycles. The summed E-state index contributed by atoms with van der Waals surface area (Å²) in [6.07, 6.45) is -0.923. The summed E-state index contributed by atoms with van der Waals surface area (Å²) in [6.45, 7) is 1.60. The molecule has 0 bridgehead atoms. The summed E-state index contributed by atoms with van der Waals surface area (Å²) in [7, 11) is 0. The SMILES string of the molecule is Cc1ccc(C(=O)N2CC(O)C[C@H]2C(=O)O)c(F)c1. The Balaban J connectivity index is 2.30. The van der Waals surface area contributed by atoms with E-state index in [2.05, 4.69) is 0 Å². The Morgan fingerprint density at radius 3 is 2.68 bits per heavy atom. The van der Waals surface area contributed by atoms with Crippen LogP contribution < -0.4 is 0 Å². The van der Waals surface area contributed by atoms with Crippen LogP contribution in [0.2, 0.25) is 0 Å². The monoisotopic (exact) mass is 267 g/mol. The molecule has 0 saturated carbocycles. The van der Waals surface area contributed by atoms with Crippen LogP contribution >= 0.6 is 0 Å². The third-order valence-corrected chi connectivity index (χ3v) is 3.18. The average Bonchev–Trinajstić information content (AvgIpc) is 2.70. The quantitative estimate of drug-likeness (QED) is 0.830. The van der Waals surface area contributed by atoms with Gasteiger partial charge in [0.2, 0.25) is 0 Å². The van der Waals surface area contributed by atoms with Crippen molar-refractivity contribution in [1.29, 1.82) is 0 Å². The van der Waals surface area contributed by atoms with E-state index in [0.29, 0.717) is 5.56 Å². The number of hydrogen-bond acceptors (Lipinski definition) is 3. The zero-order chi connectivity index (χ0) is 14.2. The molecule has 0 spiro atoms. The molecule has 1 fully saturated rings. The molecule has 1 heterocycles. The van der Waals surface area contributed by atoms with Crippen molar-refractivity contribution in [2.24, 2.45) is 0 Å². The number of carbonyl (C=O) groups excluding carboxylic acids is 1. The largest absolute Gasteiger partial charge is 0.480 e. The first-order valence-corrected chi connectivity index (χ1v) is 5.88. The molecule has 5 nitrogen and oxygen atoms in total. The minimum absolute atomic E-state index is 0.0332. The van der Waals surface area contributed by atoms with Crippen molar-refractivity contribution >= 4 is 11.9 Å². The number of likely N-dealkylation sites (tertiary alicyclic amines) is 1. The van der Waals surface area contributed by atoms with Crippen LogP contribution in [0.15, 0.2) is 18.2 Å². The van der Waals surface area contributed by atoms with Gasteiger partial charge in [0.15, 0.2) is 0 Å². The maximum Gasteiger partial charge on any atom is 0.326 e. The number of benzene rings is 1. The number of β-amino-alcohol motifs (C(OH)–C–C–N with tert-alkyl or cyclic N) is 1. The van der Waals surface area contributed by atoms with Gasteiger partial charge in [0, 0.05) is 13.0 Å². The highest BCUT2D eigenvalue weighted by molar-refractivity contribution is 5.97. The normalized spacial score (nSPS) is 22.6. The van der Waals surface area contributed by atoms with Gasteiger partial charge in [-0.1, -0.05) is 6.07 Å². The first-order valence-electron chi connectivity index (χ1n) is 5.88. The van der Waals surface area contributed by atoms with Crippen LogP contribution in [0, 0.1) is 12.7 Å². The highest BCUT2D eigenvalue weighted by Gasteiger charge is 2.39. The van der Waals surface area contributed by atoms with E-state index in [-0.39, 0.29) is 18.5 Å². The molecule has 19 heavy (non-hydrogen) atoms. The van der Waals surface area contributed by atoms with Gasteiger partial charge in [0.25, 0.3) is 5.91 Å². The van der Waals surface area contributed by atoms with Crippen LogP contribution in [0.25, 0.3) is 0 Å². The third-order valence-electron chi connectivity index (χ3n) is 3.18. The number of carboxylic acid groups (broad SMARTS) is 1. The first kappa shape index (κ1) is 13.5. The molecule has 1 aromatic rings. The van der Waals surface area contributed by atoms with Gasteiger partial charge in [-0.3, -0.25) is 4.79 Å². The maximum atomic E-state index is 13.7. The van der Waals surface area contributed by atoms with Gasteiger partial charge >= 0.3 is 5.97 Å². The minimum Gasteiger partial charge on any atom is -0.480 e. The van der Waals surface area contributed by atoms with Crippen molar-refractivity contribution in [1.82, 2.24) is 4.90 Å². The molecule has 0 aliphatic carbocycles. The standard InChI is InChI=1S/C13H14FNO4/c1-7-2-3-9(10(14)4-7)12(17)15-6-8(16)5-11(15)13(18)19/h2-4,8,11,16H,5-6H2,1H3,(H,18,19)/t8?,11-/m0/s1. The van der Waals surface area contributed by atoms with Crippen LogP contribution in [0.4, 0.5) is 4.39 Å². The Kier molecular flexibility index (Phi) is 3.53. The average molecular weight is 267 g/mol. The lowest BCUT2D eigenvalue weighted by Crippen LogP contribution is -2.40. The van der Waals surface area contributed by atoms with E-state index < -0.39 is 29.8 Å². The highest BCUT2D eigenvalue weighted by Crippen LogP contribution is 2.22. The number of rotatable bonds is 2. The van der Waals surface area contributed by atoms with Gasteiger partial charge in [-0.25, -0.2) is 9.18 Å². The molecule has 2 atom stereocenters. The fourth-order valence-corrected chi connectivity index (χ4v) is 2.22. The van der Waals surface area contributed by atoms with E-state index in [1.165, 1.54) is 12.1 Å². The molecular weight excluding hydrogens is 253 g/mol. The molecule has 1 saturated heterocycles. The Bertz CT molecular complexity index is 531. The summed E-state index contributed by atoms with van der Waals surface area (Å²) in [5, 5.41) is 18.5. The summed E-state index contributed by atoms with van der Waals surface area (Å²) in [5.41, 5.74) is 0.497. The van der Waals surface area contributed by atoms with E-state index in [1.54, 1.807) is 13.0 Å². The fraction of sp³-hybridized carbons (Fsp3) is 0.385. The van der Waals surface area contributed by atoms with Crippen LogP contribution in [-0.4, -0.2) is 45.7 Å². The lowest BCUT2D eigenvalue weighted by molar-refractivity contribution is -0.141. The van der Waals surface area contributed by atoms with Crippen molar-refractivity contribution in [2.45, 2.75) is 25.5 Å². The highest BCUT2D eigenvalue weighted by atomic mass is 19.1. The third kappa shape index (κ3) is 2.58. The number of aryl methyl sites for hydroxylation is 1. The second kappa shape index (κ2) is 4.97. The molecule has 1 aliphatic heterocycles. The summed E-state index contributed by atoms with van der Waals surface area (Å²) < 4.78 is 13.7. The van der Waals surface area contributed by atoms with Gasteiger partial charge < -0.3 is 15.1 Å². The fourth-order valence-electron chi connectivity index (χ4n) is 2.22. The molecule has 1 amide bonds. The summed E-state index contributed by atoms with van der Waals surface area (Å²) >= 11 is 0. The van der Waals surface area contributed by atoms with Gasteiger partial charge in [-0.05, 0) is 24.6 Å². The number of carboxylic acids is 1. The van der Waals surface area contributed by atoms with Gasteiger partial charge in [-0.15, -0.1) is 0 Å². The molecule has 6 heteroatoms. The number of aliphatic carboxylic acids is 1. The Morgan fingerprint density at radius 1 is 1.42 bits per heavy atom. The summed E-state index contributed by atoms with van der Waals surface area (Å²) in [4.78, 5) is 24.2. The number of halogens is 1. The molecule has 102 valence electrons. The van der Waals surface area contributed by atoms with Crippen LogP contribution in [0.3, 0.4) is 0 Å². The molecule has 1 aromatic carbocycles. The summed E-state index contributed by atoms with van der Waals surface area (Å²) in [5.74, 6) is -2.59. The van der Waals surface area contributed by atoms with Crippen molar-refractivity contribution in [3.05, 3.63) is 35.1 Å². The van der Waals surface area contributed by atoms with Crippen molar-refractivity contribution in [3.63, 3.8) is 0 Å². The summed E-state index contributed by atoms with van der Waals surface area (Å²) in [6, 6.07) is 3.02.